The summed E-state index contributed by atoms with van der Waals surface area (Å²) in [5.74, 6) is -5.12. The molecule has 0 aromatic rings. The van der Waals surface area contributed by atoms with Crippen LogP contribution in [0.1, 0.15) is 0 Å². The summed E-state index contributed by atoms with van der Waals surface area (Å²) in [4.78, 5) is 30.6. The Hall–Kier alpha value is -2.37. The first-order chi connectivity index (χ1) is 6.93. The zero-order valence-electron chi connectivity index (χ0n) is 7.38. The monoisotopic (exact) mass is 210 g/mol. The van der Waals surface area contributed by atoms with E-state index in [0.717, 1.165) is 18.2 Å². The predicted molar refractivity (Wildman–Crippen MR) is 44.0 cm³/mol. The number of aliphatic carboxylic acids is 2. The number of allylic oxidation sites excluding steroid dienone is 4. The minimum Gasteiger partial charge on any atom is -0.871 e. The highest BCUT2D eigenvalue weighted by molar-refractivity contribution is 6.02. The van der Waals surface area contributed by atoms with E-state index in [2.05, 4.69) is 0 Å². The van der Waals surface area contributed by atoms with Gasteiger partial charge < -0.3 is 20.1 Å². The molecule has 0 rings (SSSR count). The van der Waals surface area contributed by atoms with Gasteiger partial charge in [-0.05, 0) is 12.2 Å². The fourth-order valence-corrected chi connectivity index (χ4v) is 0.507. The van der Waals surface area contributed by atoms with Gasteiger partial charge in [0, 0.05) is 6.08 Å². The van der Waals surface area contributed by atoms with E-state index in [0.29, 0.717) is 12.2 Å². The summed E-state index contributed by atoms with van der Waals surface area (Å²) in [5.41, 5.74) is 0. The van der Waals surface area contributed by atoms with Gasteiger partial charge >= 0.3 is 5.97 Å². The summed E-state index contributed by atoms with van der Waals surface area (Å²) >= 11 is 0. The third-order valence-corrected chi connectivity index (χ3v) is 1.10. The Kier molecular flexibility index (Phi) is 5.17. The Morgan fingerprint density at radius 3 is 2.07 bits per heavy atom. The molecule has 1 N–H and O–H groups in total. The van der Waals surface area contributed by atoms with Crippen LogP contribution >= 0.6 is 0 Å². The normalized spacial score (nSPS) is 12.1. The van der Waals surface area contributed by atoms with Gasteiger partial charge in [0.25, 0.3) is 0 Å². The number of hydrogen-bond acceptors (Lipinski definition) is 5. The second-order valence-corrected chi connectivity index (χ2v) is 2.25. The van der Waals surface area contributed by atoms with Crippen molar-refractivity contribution in [1.82, 2.24) is 0 Å². The first kappa shape index (κ1) is 12.6. The van der Waals surface area contributed by atoms with Crippen molar-refractivity contribution in [3.05, 3.63) is 36.1 Å². The van der Waals surface area contributed by atoms with E-state index in [-0.39, 0.29) is 0 Å². The lowest BCUT2D eigenvalue weighted by molar-refractivity contribution is -0.353. The summed E-state index contributed by atoms with van der Waals surface area (Å²) < 4.78 is 0. The molecule has 0 aromatic heterocycles. The van der Waals surface area contributed by atoms with Crippen molar-refractivity contribution >= 4 is 17.7 Å². The maximum absolute atomic E-state index is 10.8. The highest BCUT2D eigenvalue weighted by atomic mass is 16.4. The number of carboxylic acids is 2. The van der Waals surface area contributed by atoms with E-state index in [1.54, 1.807) is 0 Å². The van der Waals surface area contributed by atoms with Gasteiger partial charge in [0.1, 0.15) is 0 Å². The van der Waals surface area contributed by atoms with Crippen molar-refractivity contribution in [2.45, 2.75) is 0 Å². The highest BCUT2D eigenvalue weighted by Crippen LogP contribution is 1.86. The Morgan fingerprint density at radius 1 is 1.00 bits per heavy atom. The molecule has 6 heteroatoms. The number of hydrogen-bond donors (Lipinski definition) is 1. The highest BCUT2D eigenvalue weighted by Gasteiger charge is 1.90. The SMILES string of the molecule is O=C(O)/C=C/C(=O)/C=C\C=C(\[O-])C(=O)[O-]. The molecule has 0 aliphatic rings. The maximum atomic E-state index is 10.8. The van der Waals surface area contributed by atoms with Crippen LogP contribution in [-0.2, 0) is 14.4 Å². The number of carboxylic acid groups (broad SMARTS) is 2. The largest absolute Gasteiger partial charge is 0.871 e. The maximum Gasteiger partial charge on any atom is 0.328 e. The quantitative estimate of drug-likeness (QED) is 0.311. The number of carbonyl (C=O) groups excluding carboxylic acids is 2. The first-order valence-corrected chi connectivity index (χ1v) is 3.65. The van der Waals surface area contributed by atoms with E-state index in [1.165, 1.54) is 0 Å². The van der Waals surface area contributed by atoms with Gasteiger partial charge in [-0.1, -0.05) is 17.9 Å². The van der Waals surface area contributed by atoms with E-state index in [4.69, 9.17) is 5.11 Å². The zero-order chi connectivity index (χ0) is 11.8. The van der Waals surface area contributed by atoms with Crippen molar-refractivity contribution in [3.63, 3.8) is 0 Å². The summed E-state index contributed by atoms with van der Waals surface area (Å²) in [5, 5.41) is 28.4. The molecule has 0 unspecified atom stereocenters. The van der Waals surface area contributed by atoms with E-state index < -0.39 is 23.5 Å². The molecule has 0 atom stereocenters. The molecular formula is C9H6O6-2. The van der Waals surface area contributed by atoms with E-state index >= 15 is 0 Å². The van der Waals surface area contributed by atoms with E-state index in [9.17, 15) is 24.6 Å². The molecule has 0 amide bonds. The fraction of sp³-hybridized carbons (Fsp3) is 0. The molecule has 0 aromatic carbocycles. The third-order valence-electron chi connectivity index (χ3n) is 1.10. The summed E-state index contributed by atoms with van der Waals surface area (Å²) in [6.07, 6.45) is 3.75. The second-order valence-electron chi connectivity index (χ2n) is 2.25. The van der Waals surface area contributed by atoms with Crippen LogP contribution in [0, 0.1) is 0 Å². The van der Waals surface area contributed by atoms with Crippen LogP contribution in [0.5, 0.6) is 0 Å². The molecule has 0 saturated heterocycles. The minimum absolute atomic E-state index is 0.618. The van der Waals surface area contributed by atoms with Crippen LogP contribution in [0.25, 0.3) is 0 Å². The Balaban J connectivity index is 4.31. The van der Waals surface area contributed by atoms with Gasteiger partial charge in [0.2, 0.25) is 0 Å². The first-order valence-electron chi connectivity index (χ1n) is 3.65. The third kappa shape index (κ3) is 6.76. The smallest absolute Gasteiger partial charge is 0.328 e. The van der Waals surface area contributed by atoms with Crippen molar-refractivity contribution in [1.29, 1.82) is 0 Å². The molecular weight excluding hydrogens is 204 g/mol. The molecule has 0 heterocycles. The Morgan fingerprint density at radius 2 is 1.60 bits per heavy atom. The molecule has 0 spiro atoms. The second kappa shape index (κ2) is 6.14. The molecule has 80 valence electrons. The van der Waals surface area contributed by atoms with Crippen molar-refractivity contribution in [3.8, 4) is 0 Å². The van der Waals surface area contributed by atoms with Crippen LogP contribution in [0.3, 0.4) is 0 Å². The Bertz CT molecular complexity index is 361. The summed E-state index contributed by atoms with van der Waals surface area (Å²) in [6.45, 7) is 0. The van der Waals surface area contributed by atoms with Crippen LogP contribution < -0.4 is 10.2 Å². The minimum atomic E-state index is -1.88. The van der Waals surface area contributed by atoms with Crippen LogP contribution in [0.4, 0.5) is 0 Å². The Labute approximate surface area is 84.5 Å². The van der Waals surface area contributed by atoms with Gasteiger partial charge in [-0.2, -0.15) is 0 Å². The lowest BCUT2D eigenvalue weighted by Crippen LogP contribution is -2.30. The topological polar surface area (TPSA) is 118 Å². The number of rotatable bonds is 5. The van der Waals surface area contributed by atoms with Crippen molar-refractivity contribution in [2.75, 3.05) is 0 Å². The molecule has 0 bridgehead atoms. The number of carbonyl (C=O) groups is 3. The van der Waals surface area contributed by atoms with Gasteiger partial charge in [-0.15, -0.1) is 0 Å². The molecule has 0 aliphatic carbocycles. The summed E-state index contributed by atoms with van der Waals surface area (Å²) in [6, 6.07) is 0. The van der Waals surface area contributed by atoms with Gasteiger partial charge in [0.15, 0.2) is 5.78 Å². The average Bonchev–Trinajstić information content (AvgIpc) is 2.14. The van der Waals surface area contributed by atoms with Gasteiger partial charge in [-0.3, -0.25) is 4.79 Å². The lowest BCUT2D eigenvalue weighted by Gasteiger charge is -2.09. The molecule has 0 aliphatic heterocycles. The standard InChI is InChI=1S/C9H8O6/c10-6(4-5-8(12)13)2-1-3-7(11)9(14)15/h1-5,11H,(H,12,13)(H,14,15)/p-2/b2-1-,5-4+,7-3+. The molecule has 15 heavy (non-hydrogen) atoms. The van der Waals surface area contributed by atoms with Gasteiger partial charge in [-0.25, -0.2) is 4.79 Å². The van der Waals surface area contributed by atoms with Crippen molar-refractivity contribution < 1.29 is 29.7 Å². The average molecular weight is 210 g/mol. The lowest BCUT2D eigenvalue weighted by atomic mass is 10.3. The van der Waals surface area contributed by atoms with Crippen molar-refractivity contribution in [2.24, 2.45) is 0 Å². The molecule has 6 nitrogen and oxygen atoms in total. The summed E-state index contributed by atoms with van der Waals surface area (Å²) in [7, 11) is 0. The van der Waals surface area contributed by atoms with Crippen LogP contribution in [0.15, 0.2) is 36.1 Å². The van der Waals surface area contributed by atoms with E-state index in [1.807, 2.05) is 0 Å². The molecule has 0 saturated carbocycles. The van der Waals surface area contributed by atoms with Gasteiger partial charge in [0.05, 0.1) is 5.97 Å². The fourth-order valence-electron chi connectivity index (χ4n) is 0.507. The zero-order valence-corrected chi connectivity index (χ0v) is 7.38. The number of ketones is 1. The molecule has 0 radical (unpaired) electrons. The predicted octanol–water partition coefficient (Wildman–Crippen LogP) is -2.25. The van der Waals surface area contributed by atoms with Crippen LogP contribution in [-0.4, -0.2) is 22.8 Å². The molecule has 0 fully saturated rings. The van der Waals surface area contributed by atoms with Crippen LogP contribution in [0.2, 0.25) is 0 Å².